The molecule has 1 fully saturated rings. The Kier molecular flexibility index (Phi) is 3.61. The van der Waals surface area contributed by atoms with E-state index < -0.39 is 0 Å². The molecule has 1 aliphatic heterocycles. The van der Waals surface area contributed by atoms with Crippen molar-refractivity contribution < 1.29 is 4.79 Å². The van der Waals surface area contributed by atoms with Crippen LogP contribution in [-0.4, -0.2) is 38.7 Å². The first kappa shape index (κ1) is 11.9. The first-order valence-corrected chi connectivity index (χ1v) is 6.11. The van der Waals surface area contributed by atoms with E-state index in [1.54, 1.807) is 0 Å². The summed E-state index contributed by atoms with van der Waals surface area (Å²) in [7, 11) is 0. The zero-order valence-electron chi connectivity index (χ0n) is 10.2. The Balaban J connectivity index is 1.91. The van der Waals surface area contributed by atoms with Gasteiger partial charge in [0.1, 0.15) is 12.9 Å². The molecule has 0 bridgehead atoms. The van der Waals surface area contributed by atoms with E-state index in [0.717, 1.165) is 25.9 Å². The third-order valence-corrected chi connectivity index (χ3v) is 3.30. The van der Waals surface area contributed by atoms with Crippen LogP contribution < -0.4 is 5.73 Å². The van der Waals surface area contributed by atoms with Gasteiger partial charge in [0.15, 0.2) is 0 Å². The van der Waals surface area contributed by atoms with Crippen LogP contribution in [0.5, 0.6) is 0 Å². The third kappa shape index (κ3) is 2.95. The number of aromatic nitrogens is 3. The molecule has 1 atom stereocenters. The van der Waals surface area contributed by atoms with Crippen molar-refractivity contribution in [2.24, 2.45) is 5.92 Å². The number of carbonyl (C=O) groups is 1. The number of carbonyl (C=O) groups excluding carboxylic acids is 1. The number of hydrogen-bond donors (Lipinski definition) is 1. The molecule has 1 unspecified atom stereocenters. The molecule has 0 radical (unpaired) electrons. The van der Waals surface area contributed by atoms with Gasteiger partial charge in [0.25, 0.3) is 0 Å². The predicted molar refractivity (Wildman–Crippen MR) is 64.0 cm³/mol. The van der Waals surface area contributed by atoms with E-state index in [2.05, 4.69) is 17.0 Å². The summed E-state index contributed by atoms with van der Waals surface area (Å²) < 4.78 is 1.49. The molecule has 0 aliphatic carbocycles. The lowest BCUT2D eigenvalue weighted by Gasteiger charge is -2.32. The van der Waals surface area contributed by atoms with Crippen molar-refractivity contribution in [3.05, 3.63) is 6.33 Å². The van der Waals surface area contributed by atoms with E-state index in [1.807, 2.05) is 4.90 Å². The van der Waals surface area contributed by atoms with E-state index >= 15 is 0 Å². The lowest BCUT2D eigenvalue weighted by Crippen LogP contribution is -2.41. The van der Waals surface area contributed by atoms with E-state index in [0.29, 0.717) is 5.92 Å². The SMILES string of the molecule is CCC1CCCN(C(=O)Cn2cnc(N)n2)C1. The van der Waals surface area contributed by atoms with Crippen molar-refractivity contribution in [2.45, 2.75) is 32.7 Å². The van der Waals surface area contributed by atoms with Crippen LogP contribution in [0.1, 0.15) is 26.2 Å². The molecular formula is C11H19N5O. The highest BCUT2D eigenvalue weighted by molar-refractivity contribution is 5.76. The molecule has 1 aromatic rings. The largest absolute Gasteiger partial charge is 0.367 e. The summed E-state index contributed by atoms with van der Waals surface area (Å²) in [5.41, 5.74) is 5.41. The van der Waals surface area contributed by atoms with Crippen molar-refractivity contribution in [3.8, 4) is 0 Å². The van der Waals surface area contributed by atoms with Gasteiger partial charge in [0.05, 0.1) is 0 Å². The fraction of sp³-hybridized carbons (Fsp3) is 0.727. The summed E-state index contributed by atoms with van der Waals surface area (Å²) in [6, 6.07) is 0. The van der Waals surface area contributed by atoms with Gasteiger partial charge < -0.3 is 10.6 Å². The number of hydrogen-bond acceptors (Lipinski definition) is 4. The Morgan fingerprint density at radius 2 is 2.47 bits per heavy atom. The van der Waals surface area contributed by atoms with Gasteiger partial charge in [-0.2, -0.15) is 0 Å². The molecule has 1 aliphatic rings. The smallest absolute Gasteiger partial charge is 0.244 e. The molecule has 2 rings (SSSR count). The van der Waals surface area contributed by atoms with Crippen LogP contribution in [0.2, 0.25) is 0 Å². The van der Waals surface area contributed by atoms with Crippen LogP contribution in [-0.2, 0) is 11.3 Å². The second kappa shape index (κ2) is 5.16. The van der Waals surface area contributed by atoms with Gasteiger partial charge in [-0.1, -0.05) is 13.3 Å². The fourth-order valence-electron chi connectivity index (χ4n) is 2.25. The van der Waals surface area contributed by atoms with Gasteiger partial charge in [-0.05, 0) is 18.8 Å². The van der Waals surface area contributed by atoms with Crippen molar-refractivity contribution in [2.75, 3.05) is 18.8 Å². The monoisotopic (exact) mass is 237 g/mol. The van der Waals surface area contributed by atoms with E-state index in [-0.39, 0.29) is 18.4 Å². The maximum Gasteiger partial charge on any atom is 0.244 e. The average Bonchev–Trinajstić information content (AvgIpc) is 2.75. The molecule has 6 nitrogen and oxygen atoms in total. The number of amides is 1. The van der Waals surface area contributed by atoms with Gasteiger partial charge >= 0.3 is 0 Å². The summed E-state index contributed by atoms with van der Waals surface area (Å²) in [4.78, 5) is 17.8. The number of piperidine rings is 1. The number of anilines is 1. The zero-order valence-corrected chi connectivity index (χ0v) is 10.2. The number of rotatable bonds is 3. The summed E-state index contributed by atoms with van der Waals surface area (Å²) in [5, 5.41) is 3.92. The standard InChI is InChI=1S/C11H19N5O/c1-2-9-4-3-5-15(6-9)10(17)7-16-8-13-11(12)14-16/h8-9H,2-7H2,1H3,(H2,12,14). The van der Waals surface area contributed by atoms with Crippen LogP contribution in [0.4, 0.5) is 5.95 Å². The fourth-order valence-corrected chi connectivity index (χ4v) is 2.25. The molecule has 0 saturated carbocycles. The van der Waals surface area contributed by atoms with Crippen LogP contribution in [0.25, 0.3) is 0 Å². The molecule has 2 heterocycles. The predicted octanol–water partition coefficient (Wildman–Crippen LogP) is 0.509. The maximum atomic E-state index is 12.0. The van der Waals surface area contributed by atoms with E-state index in [1.165, 1.54) is 17.4 Å². The lowest BCUT2D eigenvalue weighted by molar-refractivity contribution is -0.133. The highest BCUT2D eigenvalue weighted by atomic mass is 16.2. The Morgan fingerprint density at radius 3 is 3.12 bits per heavy atom. The molecule has 2 N–H and O–H groups in total. The first-order valence-electron chi connectivity index (χ1n) is 6.11. The summed E-state index contributed by atoms with van der Waals surface area (Å²) in [6.07, 6.45) is 4.97. The second-order valence-corrected chi connectivity index (χ2v) is 4.56. The highest BCUT2D eigenvalue weighted by Gasteiger charge is 2.22. The highest BCUT2D eigenvalue weighted by Crippen LogP contribution is 2.19. The molecule has 1 saturated heterocycles. The van der Waals surface area contributed by atoms with Crippen LogP contribution in [0, 0.1) is 5.92 Å². The topological polar surface area (TPSA) is 77.0 Å². The lowest BCUT2D eigenvalue weighted by atomic mass is 9.96. The Morgan fingerprint density at radius 1 is 1.65 bits per heavy atom. The van der Waals surface area contributed by atoms with Crippen molar-refractivity contribution >= 4 is 11.9 Å². The average molecular weight is 237 g/mol. The number of nitrogen functional groups attached to an aromatic ring is 1. The van der Waals surface area contributed by atoms with Crippen LogP contribution in [0.3, 0.4) is 0 Å². The van der Waals surface area contributed by atoms with E-state index in [9.17, 15) is 4.79 Å². The minimum Gasteiger partial charge on any atom is -0.367 e. The first-order chi connectivity index (χ1) is 8.19. The Labute approximate surface area is 101 Å². The number of likely N-dealkylation sites (tertiary alicyclic amines) is 1. The quantitative estimate of drug-likeness (QED) is 0.831. The minimum atomic E-state index is 0.105. The molecule has 6 heteroatoms. The van der Waals surface area contributed by atoms with Gasteiger partial charge in [-0.15, -0.1) is 5.10 Å². The van der Waals surface area contributed by atoms with Gasteiger partial charge in [0, 0.05) is 13.1 Å². The third-order valence-electron chi connectivity index (χ3n) is 3.30. The molecule has 1 aromatic heterocycles. The van der Waals surface area contributed by atoms with Crippen molar-refractivity contribution in [1.29, 1.82) is 0 Å². The molecule has 94 valence electrons. The minimum absolute atomic E-state index is 0.105. The van der Waals surface area contributed by atoms with Gasteiger partial charge in [-0.25, -0.2) is 9.67 Å². The van der Waals surface area contributed by atoms with Crippen molar-refractivity contribution in [1.82, 2.24) is 19.7 Å². The van der Waals surface area contributed by atoms with Crippen molar-refractivity contribution in [3.63, 3.8) is 0 Å². The Hall–Kier alpha value is -1.59. The maximum absolute atomic E-state index is 12.0. The molecule has 0 aromatic carbocycles. The normalized spacial score (nSPS) is 20.5. The second-order valence-electron chi connectivity index (χ2n) is 4.56. The molecule has 1 amide bonds. The summed E-state index contributed by atoms with van der Waals surface area (Å²) in [6.45, 7) is 4.15. The molecule has 0 spiro atoms. The summed E-state index contributed by atoms with van der Waals surface area (Å²) >= 11 is 0. The van der Waals surface area contributed by atoms with Crippen LogP contribution >= 0.6 is 0 Å². The zero-order chi connectivity index (χ0) is 12.3. The summed E-state index contributed by atoms with van der Waals surface area (Å²) in [5.74, 6) is 0.962. The number of nitrogens with zero attached hydrogens (tertiary/aromatic N) is 4. The molecule has 17 heavy (non-hydrogen) atoms. The van der Waals surface area contributed by atoms with Gasteiger partial charge in [0.2, 0.25) is 11.9 Å². The number of nitrogens with two attached hydrogens (primary N) is 1. The van der Waals surface area contributed by atoms with E-state index in [4.69, 9.17) is 5.73 Å². The Bertz CT molecular complexity index is 389. The van der Waals surface area contributed by atoms with Crippen LogP contribution in [0.15, 0.2) is 6.33 Å². The van der Waals surface area contributed by atoms with Gasteiger partial charge in [-0.3, -0.25) is 4.79 Å². The molecular weight excluding hydrogens is 218 g/mol.